The van der Waals surface area contributed by atoms with Gasteiger partial charge in [-0.3, -0.25) is 5.32 Å². The molecule has 0 heterocycles. The van der Waals surface area contributed by atoms with Gasteiger partial charge in [-0.25, -0.2) is 4.79 Å². The highest BCUT2D eigenvalue weighted by atomic mass is 16.6. The molecule has 0 aromatic heterocycles. The molecule has 2 aromatic carbocycles. The first kappa shape index (κ1) is 18.8. The number of hydrogen-bond donors (Lipinski definition) is 1. The van der Waals surface area contributed by atoms with Gasteiger partial charge in [0.25, 0.3) is 0 Å². The number of unbranched alkanes of at least 4 members (excludes halogenated alkanes) is 1. The van der Waals surface area contributed by atoms with Gasteiger partial charge in [0.15, 0.2) is 0 Å². The minimum atomic E-state index is -0.477. The summed E-state index contributed by atoms with van der Waals surface area (Å²) in [6.45, 7) is 6.97. The molecule has 0 fully saturated rings. The van der Waals surface area contributed by atoms with Crippen molar-refractivity contribution in [3.63, 3.8) is 0 Å². The van der Waals surface area contributed by atoms with Crippen molar-refractivity contribution < 1.29 is 14.3 Å². The number of anilines is 1. The van der Waals surface area contributed by atoms with Crippen LogP contribution in [-0.4, -0.2) is 12.7 Å². The summed E-state index contributed by atoms with van der Waals surface area (Å²) in [6, 6.07) is 13.2. The van der Waals surface area contributed by atoms with Gasteiger partial charge < -0.3 is 9.47 Å². The third-order valence-corrected chi connectivity index (χ3v) is 4.03. The van der Waals surface area contributed by atoms with Crippen molar-refractivity contribution in [3.05, 3.63) is 53.6 Å². The number of aryl methyl sites for hydroxylation is 2. The van der Waals surface area contributed by atoms with Gasteiger partial charge >= 0.3 is 6.09 Å². The lowest BCUT2D eigenvalue weighted by atomic mass is 10.0. The zero-order valence-corrected chi connectivity index (χ0v) is 15.3. The largest absolute Gasteiger partial charge is 0.494 e. The lowest BCUT2D eigenvalue weighted by Crippen LogP contribution is -2.18. The molecule has 4 nitrogen and oxygen atoms in total. The average Bonchev–Trinajstić information content (AvgIpc) is 2.63. The number of para-hydroxylation sites is 1. The summed E-state index contributed by atoms with van der Waals surface area (Å²) < 4.78 is 11.0. The van der Waals surface area contributed by atoms with Crippen molar-refractivity contribution in [2.75, 3.05) is 11.9 Å². The molecule has 0 aliphatic rings. The first-order valence-electron chi connectivity index (χ1n) is 9.00. The Kier molecular flexibility index (Phi) is 7.33. The summed E-state index contributed by atoms with van der Waals surface area (Å²) in [7, 11) is 0. The summed E-state index contributed by atoms with van der Waals surface area (Å²) in [5.74, 6) is 1.28. The number of carbonyl (C=O) groups excluding carboxylic acids is 1. The van der Waals surface area contributed by atoms with E-state index < -0.39 is 6.09 Å². The van der Waals surface area contributed by atoms with Crippen LogP contribution in [0.25, 0.3) is 0 Å². The molecule has 0 aliphatic carbocycles. The van der Waals surface area contributed by atoms with Crippen LogP contribution < -0.4 is 14.8 Å². The molecule has 1 amide bonds. The summed E-state index contributed by atoms with van der Waals surface area (Å²) in [4.78, 5) is 12.2. The van der Waals surface area contributed by atoms with Gasteiger partial charge in [-0.05, 0) is 54.7 Å². The molecular weight excluding hydrogens is 314 g/mol. The predicted octanol–water partition coefficient (Wildman–Crippen LogP) is 5.60. The predicted molar refractivity (Wildman–Crippen MR) is 102 cm³/mol. The molecule has 0 saturated carbocycles. The molecule has 0 aliphatic heterocycles. The second kappa shape index (κ2) is 9.72. The van der Waals surface area contributed by atoms with E-state index in [1.54, 1.807) is 12.1 Å². The third-order valence-electron chi connectivity index (χ3n) is 4.03. The zero-order chi connectivity index (χ0) is 18.1. The molecule has 1 N–H and O–H groups in total. The maximum Gasteiger partial charge on any atom is 0.417 e. The quantitative estimate of drug-likeness (QED) is 0.636. The van der Waals surface area contributed by atoms with Crippen molar-refractivity contribution in [3.8, 4) is 11.5 Å². The monoisotopic (exact) mass is 341 g/mol. The van der Waals surface area contributed by atoms with E-state index in [-0.39, 0.29) is 0 Å². The molecule has 134 valence electrons. The van der Waals surface area contributed by atoms with Gasteiger partial charge in [0.05, 0.1) is 12.3 Å². The fraction of sp³-hybridized carbons (Fsp3) is 0.381. The topological polar surface area (TPSA) is 47.6 Å². The fourth-order valence-corrected chi connectivity index (χ4v) is 2.58. The van der Waals surface area contributed by atoms with Crippen LogP contribution in [0.2, 0.25) is 0 Å². The first-order valence-corrected chi connectivity index (χ1v) is 9.00. The maximum absolute atomic E-state index is 12.2. The van der Waals surface area contributed by atoms with E-state index in [2.05, 4.69) is 26.1 Å². The van der Waals surface area contributed by atoms with E-state index >= 15 is 0 Å². The zero-order valence-electron chi connectivity index (χ0n) is 15.3. The Labute approximate surface area is 150 Å². The van der Waals surface area contributed by atoms with E-state index in [0.29, 0.717) is 12.4 Å². The first-order chi connectivity index (χ1) is 12.2. The number of benzene rings is 2. The molecule has 0 unspecified atom stereocenters. The number of hydrogen-bond acceptors (Lipinski definition) is 3. The van der Waals surface area contributed by atoms with E-state index in [1.807, 2.05) is 30.3 Å². The smallest absolute Gasteiger partial charge is 0.417 e. The maximum atomic E-state index is 12.2. The molecular formula is C21H27NO3. The van der Waals surface area contributed by atoms with E-state index in [4.69, 9.17) is 9.47 Å². The molecule has 0 radical (unpaired) electrons. The molecule has 4 heteroatoms. The Morgan fingerprint density at radius 2 is 1.52 bits per heavy atom. The van der Waals surface area contributed by atoms with Gasteiger partial charge in [0, 0.05) is 0 Å². The fourth-order valence-electron chi connectivity index (χ4n) is 2.58. The van der Waals surface area contributed by atoms with Crippen molar-refractivity contribution in [1.82, 2.24) is 0 Å². The van der Waals surface area contributed by atoms with Gasteiger partial charge in [-0.1, -0.05) is 45.4 Å². The van der Waals surface area contributed by atoms with Crippen molar-refractivity contribution in [2.45, 2.75) is 46.5 Å². The van der Waals surface area contributed by atoms with Crippen LogP contribution in [0.5, 0.6) is 11.5 Å². The number of carbonyl (C=O) groups is 1. The average molecular weight is 341 g/mol. The number of rotatable bonds is 8. The van der Waals surface area contributed by atoms with Crippen molar-refractivity contribution >= 4 is 11.8 Å². The van der Waals surface area contributed by atoms with Crippen molar-refractivity contribution in [2.24, 2.45) is 0 Å². The molecule has 2 aromatic rings. The summed E-state index contributed by atoms with van der Waals surface area (Å²) in [6.07, 6.45) is 3.35. The van der Waals surface area contributed by atoms with Gasteiger partial charge in [-0.15, -0.1) is 0 Å². The lowest BCUT2D eigenvalue weighted by Gasteiger charge is -2.14. The minimum Gasteiger partial charge on any atom is -0.494 e. The van der Waals surface area contributed by atoms with Gasteiger partial charge in [0.2, 0.25) is 0 Å². The second-order valence-electron chi connectivity index (χ2n) is 5.85. The molecule has 2 rings (SSSR count). The molecule has 0 bridgehead atoms. The third kappa shape index (κ3) is 5.52. The van der Waals surface area contributed by atoms with Crippen LogP contribution >= 0.6 is 0 Å². The second-order valence-corrected chi connectivity index (χ2v) is 5.85. The number of nitrogens with one attached hydrogen (secondary N) is 1. The molecule has 0 atom stereocenters. The van der Waals surface area contributed by atoms with Crippen LogP contribution in [0, 0.1) is 0 Å². The summed E-state index contributed by atoms with van der Waals surface area (Å²) in [5.41, 5.74) is 3.07. The molecule has 25 heavy (non-hydrogen) atoms. The summed E-state index contributed by atoms with van der Waals surface area (Å²) >= 11 is 0. The summed E-state index contributed by atoms with van der Waals surface area (Å²) in [5, 5.41) is 2.89. The Hall–Kier alpha value is -2.49. The Bertz CT molecular complexity index is 658. The molecule has 0 saturated heterocycles. The van der Waals surface area contributed by atoms with E-state index in [1.165, 1.54) is 0 Å². The van der Waals surface area contributed by atoms with Crippen LogP contribution in [-0.2, 0) is 12.8 Å². The highest BCUT2D eigenvalue weighted by molar-refractivity contribution is 5.88. The Morgan fingerprint density at radius 1 is 0.920 bits per heavy atom. The standard InChI is InChI=1S/C21H27NO3/c1-4-7-15-24-18-11-13-19(14-12-18)25-21(23)22-20-16(5-2)9-8-10-17(20)6-3/h8-14H,4-7,15H2,1-3H3,(H,22,23). The van der Waals surface area contributed by atoms with Crippen LogP contribution in [0.3, 0.4) is 0 Å². The normalized spacial score (nSPS) is 10.4. The highest BCUT2D eigenvalue weighted by Crippen LogP contribution is 2.24. The van der Waals surface area contributed by atoms with Crippen LogP contribution in [0.15, 0.2) is 42.5 Å². The van der Waals surface area contributed by atoms with E-state index in [9.17, 15) is 4.79 Å². The van der Waals surface area contributed by atoms with E-state index in [0.717, 1.165) is 48.2 Å². The van der Waals surface area contributed by atoms with Crippen molar-refractivity contribution in [1.29, 1.82) is 0 Å². The Balaban J connectivity index is 1.99. The van der Waals surface area contributed by atoms with Gasteiger partial charge in [0.1, 0.15) is 11.5 Å². The SMILES string of the molecule is CCCCOc1ccc(OC(=O)Nc2c(CC)cccc2CC)cc1. The Morgan fingerprint density at radius 3 is 2.08 bits per heavy atom. The van der Waals surface area contributed by atoms with Crippen LogP contribution in [0.4, 0.5) is 10.5 Å². The molecule has 0 spiro atoms. The minimum absolute atomic E-state index is 0.477. The van der Waals surface area contributed by atoms with Gasteiger partial charge in [-0.2, -0.15) is 0 Å². The number of amides is 1. The lowest BCUT2D eigenvalue weighted by molar-refractivity contribution is 0.215. The number of ether oxygens (including phenoxy) is 2. The van der Waals surface area contributed by atoms with Crippen LogP contribution in [0.1, 0.15) is 44.7 Å². The highest BCUT2D eigenvalue weighted by Gasteiger charge is 2.11.